The summed E-state index contributed by atoms with van der Waals surface area (Å²) in [5.74, 6) is 0.581. The summed E-state index contributed by atoms with van der Waals surface area (Å²) in [4.78, 5) is 13.8. The van der Waals surface area contributed by atoms with Crippen LogP contribution in [0.3, 0.4) is 0 Å². The summed E-state index contributed by atoms with van der Waals surface area (Å²) < 4.78 is 0. The highest BCUT2D eigenvalue weighted by molar-refractivity contribution is 9.09. The Morgan fingerprint density at radius 2 is 2.29 bits per heavy atom. The van der Waals surface area contributed by atoms with Gasteiger partial charge in [-0.25, -0.2) is 0 Å². The first-order valence-corrected chi connectivity index (χ1v) is 5.86. The van der Waals surface area contributed by atoms with Crippen LogP contribution in [0.15, 0.2) is 23.9 Å². The van der Waals surface area contributed by atoms with Crippen LogP contribution >= 0.6 is 15.9 Å². The quantitative estimate of drug-likeness (QED) is 0.705. The van der Waals surface area contributed by atoms with Gasteiger partial charge in [0.15, 0.2) is 0 Å². The fourth-order valence-corrected chi connectivity index (χ4v) is 2.27. The molecule has 2 rings (SSSR count). The summed E-state index contributed by atoms with van der Waals surface area (Å²) >= 11 is 3.57. The zero-order valence-corrected chi connectivity index (χ0v) is 9.83. The van der Waals surface area contributed by atoms with E-state index in [1.54, 1.807) is 6.92 Å². The Kier molecular flexibility index (Phi) is 2.77. The standard InChI is InChI=1S/C11H14BrNO/c1-8(14)9-6-13(7-9)11-4-2-3-10(12)5-11/h2,4-5,9-10H,3,6-7H2,1H3. The van der Waals surface area contributed by atoms with Gasteiger partial charge in [-0.1, -0.05) is 22.0 Å². The molecule has 1 atom stereocenters. The zero-order valence-electron chi connectivity index (χ0n) is 8.24. The van der Waals surface area contributed by atoms with Crippen molar-refractivity contribution >= 4 is 21.7 Å². The molecule has 0 radical (unpaired) electrons. The second-order valence-corrected chi connectivity index (χ2v) is 5.13. The molecule has 1 unspecified atom stereocenters. The second-order valence-electron chi connectivity index (χ2n) is 3.96. The first kappa shape index (κ1) is 9.97. The van der Waals surface area contributed by atoms with Crippen molar-refractivity contribution in [3.8, 4) is 0 Å². The number of rotatable bonds is 2. The van der Waals surface area contributed by atoms with Crippen molar-refractivity contribution in [2.45, 2.75) is 18.2 Å². The summed E-state index contributed by atoms with van der Waals surface area (Å²) in [7, 11) is 0. The zero-order chi connectivity index (χ0) is 10.1. The molecule has 1 aliphatic heterocycles. The van der Waals surface area contributed by atoms with E-state index in [0.717, 1.165) is 19.5 Å². The maximum atomic E-state index is 11.0. The van der Waals surface area contributed by atoms with Crippen molar-refractivity contribution in [1.29, 1.82) is 0 Å². The Hall–Kier alpha value is -0.570. The molecule has 1 heterocycles. The van der Waals surface area contributed by atoms with E-state index in [4.69, 9.17) is 0 Å². The molecule has 0 N–H and O–H groups in total. The number of alkyl halides is 1. The summed E-state index contributed by atoms with van der Waals surface area (Å²) in [5.41, 5.74) is 1.26. The summed E-state index contributed by atoms with van der Waals surface area (Å²) in [6, 6.07) is 0. The fourth-order valence-electron chi connectivity index (χ4n) is 1.79. The molecule has 76 valence electrons. The van der Waals surface area contributed by atoms with Gasteiger partial charge in [0.1, 0.15) is 5.78 Å². The van der Waals surface area contributed by atoms with Crippen LogP contribution in [0.25, 0.3) is 0 Å². The van der Waals surface area contributed by atoms with Gasteiger partial charge in [0, 0.05) is 23.6 Å². The van der Waals surface area contributed by atoms with Crippen LogP contribution in [0, 0.1) is 5.92 Å². The molecule has 0 aromatic carbocycles. The maximum absolute atomic E-state index is 11.0. The average molecular weight is 256 g/mol. The van der Waals surface area contributed by atoms with E-state index in [1.165, 1.54) is 5.70 Å². The van der Waals surface area contributed by atoms with Crippen LogP contribution in [-0.4, -0.2) is 28.6 Å². The number of likely N-dealkylation sites (tertiary alicyclic amines) is 1. The smallest absolute Gasteiger partial charge is 0.136 e. The Bertz CT molecular complexity index is 302. The summed E-state index contributed by atoms with van der Waals surface area (Å²) in [6.07, 6.45) is 7.60. The van der Waals surface area contributed by atoms with E-state index in [2.05, 4.69) is 39.1 Å². The molecule has 1 aliphatic carbocycles. The highest BCUT2D eigenvalue weighted by Gasteiger charge is 2.31. The molecule has 0 saturated carbocycles. The van der Waals surface area contributed by atoms with Gasteiger partial charge in [0.2, 0.25) is 0 Å². The second kappa shape index (κ2) is 3.89. The summed E-state index contributed by atoms with van der Waals surface area (Å²) in [6.45, 7) is 3.47. The van der Waals surface area contributed by atoms with E-state index in [9.17, 15) is 4.79 Å². The molecule has 2 aliphatic rings. The lowest BCUT2D eigenvalue weighted by molar-refractivity contribution is -0.124. The van der Waals surface area contributed by atoms with E-state index >= 15 is 0 Å². The van der Waals surface area contributed by atoms with Crippen molar-refractivity contribution in [1.82, 2.24) is 4.90 Å². The highest BCUT2D eigenvalue weighted by atomic mass is 79.9. The minimum atomic E-state index is 0.264. The molecule has 0 bridgehead atoms. The topological polar surface area (TPSA) is 20.3 Å². The minimum Gasteiger partial charge on any atom is -0.370 e. The Morgan fingerprint density at radius 1 is 1.57 bits per heavy atom. The van der Waals surface area contributed by atoms with Gasteiger partial charge >= 0.3 is 0 Å². The number of nitrogens with zero attached hydrogens (tertiary/aromatic N) is 1. The van der Waals surface area contributed by atoms with Crippen LogP contribution in [0.2, 0.25) is 0 Å². The van der Waals surface area contributed by atoms with Gasteiger partial charge in [-0.3, -0.25) is 4.79 Å². The Balaban J connectivity index is 1.93. The number of halogens is 1. The predicted octanol–water partition coefficient (Wildman–Crippen LogP) is 2.11. The third-order valence-corrected chi connectivity index (χ3v) is 3.46. The lowest BCUT2D eigenvalue weighted by Gasteiger charge is -2.41. The van der Waals surface area contributed by atoms with Crippen LogP contribution in [-0.2, 0) is 4.79 Å². The van der Waals surface area contributed by atoms with Gasteiger partial charge in [-0.2, -0.15) is 0 Å². The lowest BCUT2D eigenvalue weighted by Crippen LogP contribution is -2.48. The minimum absolute atomic E-state index is 0.264. The monoisotopic (exact) mass is 255 g/mol. The number of Topliss-reactive ketones (excluding diaryl/α,β-unsaturated/α-hetero) is 1. The molecule has 0 spiro atoms. The van der Waals surface area contributed by atoms with Crippen molar-refractivity contribution in [2.75, 3.05) is 13.1 Å². The van der Waals surface area contributed by atoms with E-state index in [1.807, 2.05) is 0 Å². The SMILES string of the molecule is CC(=O)C1CN(C2=CC(Br)CC=C2)C1. The number of ketones is 1. The fraction of sp³-hybridized carbons (Fsp3) is 0.545. The number of hydrogen-bond acceptors (Lipinski definition) is 2. The Morgan fingerprint density at radius 3 is 2.86 bits per heavy atom. The number of carbonyl (C=O) groups is 1. The van der Waals surface area contributed by atoms with Crippen LogP contribution in [0.1, 0.15) is 13.3 Å². The third kappa shape index (κ3) is 1.92. The highest BCUT2D eigenvalue weighted by Crippen LogP contribution is 2.26. The largest absolute Gasteiger partial charge is 0.370 e. The molecule has 3 heteroatoms. The normalized spacial score (nSPS) is 27.1. The number of hydrogen-bond donors (Lipinski definition) is 0. The first-order valence-electron chi connectivity index (χ1n) is 4.94. The lowest BCUT2D eigenvalue weighted by atomic mass is 9.94. The maximum Gasteiger partial charge on any atom is 0.136 e. The number of allylic oxidation sites excluding steroid dienone is 3. The van der Waals surface area contributed by atoms with Gasteiger partial charge < -0.3 is 4.90 Å². The van der Waals surface area contributed by atoms with E-state index in [0.29, 0.717) is 10.6 Å². The van der Waals surface area contributed by atoms with Gasteiger partial charge in [0.25, 0.3) is 0 Å². The van der Waals surface area contributed by atoms with Gasteiger partial charge in [-0.15, -0.1) is 0 Å². The molecule has 1 saturated heterocycles. The van der Waals surface area contributed by atoms with Crippen LogP contribution in [0.4, 0.5) is 0 Å². The molecule has 0 aromatic rings. The molecule has 14 heavy (non-hydrogen) atoms. The molecule has 1 fully saturated rings. The molecule has 2 nitrogen and oxygen atoms in total. The van der Waals surface area contributed by atoms with E-state index < -0.39 is 0 Å². The van der Waals surface area contributed by atoms with Gasteiger partial charge in [-0.05, 0) is 25.5 Å². The van der Waals surface area contributed by atoms with Crippen molar-refractivity contribution in [3.63, 3.8) is 0 Å². The Labute approximate surface area is 92.8 Å². The first-order chi connectivity index (χ1) is 6.66. The number of carbonyl (C=O) groups excluding carboxylic acids is 1. The van der Waals surface area contributed by atoms with Gasteiger partial charge in [0.05, 0.1) is 5.92 Å². The average Bonchev–Trinajstić information content (AvgIpc) is 2.00. The third-order valence-electron chi connectivity index (χ3n) is 2.82. The summed E-state index contributed by atoms with van der Waals surface area (Å²) in [5, 5.41) is 0. The molecular weight excluding hydrogens is 242 g/mol. The molecule has 0 aromatic heterocycles. The van der Waals surface area contributed by atoms with Crippen molar-refractivity contribution < 1.29 is 4.79 Å². The predicted molar refractivity (Wildman–Crippen MR) is 60.3 cm³/mol. The van der Waals surface area contributed by atoms with Crippen molar-refractivity contribution in [2.24, 2.45) is 5.92 Å². The van der Waals surface area contributed by atoms with E-state index in [-0.39, 0.29) is 5.92 Å². The van der Waals surface area contributed by atoms with Crippen LogP contribution < -0.4 is 0 Å². The molecular formula is C11H14BrNO. The molecule has 0 amide bonds. The van der Waals surface area contributed by atoms with Crippen molar-refractivity contribution in [3.05, 3.63) is 23.9 Å². The van der Waals surface area contributed by atoms with Crippen LogP contribution in [0.5, 0.6) is 0 Å².